The zero-order chi connectivity index (χ0) is 12.1. The van der Waals surface area contributed by atoms with Gasteiger partial charge in [0, 0.05) is 5.92 Å². The highest BCUT2D eigenvalue weighted by molar-refractivity contribution is 5.77. The molecule has 0 fully saturated rings. The fraction of sp³-hybridized carbons (Fsp3) is 0.273. The largest absolute Gasteiger partial charge is 0.481 e. The highest BCUT2D eigenvalue weighted by atomic mass is 16.4. The number of benzene rings is 1. The maximum Gasteiger partial charge on any atom is 0.321 e. The summed E-state index contributed by atoms with van der Waals surface area (Å²) in [6, 6.07) is 7.36. The van der Waals surface area contributed by atoms with Crippen molar-refractivity contribution in [2.45, 2.75) is 18.4 Å². The van der Waals surface area contributed by atoms with Crippen molar-refractivity contribution in [2.75, 3.05) is 0 Å². The summed E-state index contributed by atoms with van der Waals surface area (Å²) in [5.74, 6) is -2.98. The molecule has 86 valence electrons. The van der Waals surface area contributed by atoms with E-state index in [4.69, 9.17) is 15.9 Å². The molecule has 0 spiro atoms. The Hall–Kier alpha value is -1.88. The van der Waals surface area contributed by atoms with Gasteiger partial charge in [-0.3, -0.25) is 9.59 Å². The van der Waals surface area contributed by atoms with Crippen LogP contribution in [0.2, 0.25) is 0 Å². The molecule has 4 N–H and O–H groups in total. The van der Waals surface area contributed by atoms with Gasteiger partial charge in [0.05, 0.1) is 6.42 Å². The van der Waals surface area contributed by atoms with Crippen LogP contribution in [0.4, 0.5) is 0 Å². The van der Waals surface area contributed by atoms with Crippen LogP contribution in [0.15, 0.2) is 30.3 Å². The first kappa shape index (κ1) is 12.2. The van der Waals surface area contributed by atoms with Gasteiger partial charge < -0.3 is 15.9 Å². The van der Waals surface area contributed by atoms with Gasteiger partial charge in [0.2, 0.25) is 0 Å². The van der Waals surface area contributed by atoms with Gasteiger partial charge >= 0.3 is 11.9 Å². The molecule has 0 bridgehead atoms. The highest BCUT2D eigenvalue weighted by Gasteiger charge is 2.27. The average molecular weight is 223 g/mol. The molecule has 0 unspecified atom stereocenters. The molecule has 0 saturated carbocycles. The molecule has 0 aliphatic carbocycles. The molecule has 1 aromatic carbocycles. The molecule has 0 heterocycles. The zero-order valence-corrected chi connectivity index (χ0v) is 8.54. The van der Waals surface area contributed by atoms with Crippen LogP contribution in [0.25, 0.3) is 0 Å². The predicted molar refractivity (Wildman–Crippen MR) is 57.0 cm³/mol. The standard InChI is InChI=1S/C11H13NO4/c12-10(11(15)16)8(6-9(13)14)7-4-2-1-3-5-7/h1-5,8,10H,6,12H2,(H,13,14)(H,15,16)/t8-,10-/m1/s1. The number of hydrogen-bond donors (Lipinski definition) is 3. The van der Waals surface area contributed by atoms with Crippen LogP contribution >= 0.6 is 0 Å². The summed E-state index contributed by atoms with van der Waals surface area (Å²) in [6.45, 7) is 0. The molecular weight excluding hydrogens is 210 g/mol. The summed E-state index contributed by atoms with van der Waals surface area (Å²) >= 11 is 0. The molecule has 0 radical (unpaired) electrons. The Morgan fingerprint density at radius 2 is 1.75 bits per heavy atom. The second kappa shape index (κ2) is 5.27. The van der Waals surface area contributed by atoms with E-state index in [0.29, 0.717) is 5.56 Å². The molecule has 0 saturated heterocycles. The lowest BCUT2D eigenvalue weighted by Gasteiger charge is -2.19. The molecule has 0 aliphatic rings. The van der Waals surface area contributed by atoms with Gasteiger partial charge in [-0.25, -0.2) is 0 Å². The van der Waals surface area contributed by atoms with Crippen molar-refractivity contribution in [3.8, 4) is 0 Å². The van der Waals surface area contributed by atoms with Crippen LogP contribution in [0.3, 0.4) is 0 Å². The number of rotatable bonds is 5. The first-order valence-electron chi connectivity index (χ1n) is 4.77. The lowest BCUT2D eigenvalue weighted by molar-refractivity contribution is -0.140. The van der Waals surface area contributed by atoms with Gasteiger partial charge in [-0.05, 0) is 5.56 Å². The van der Waals surface area contributed by atoms with Gasteiger partial charge in [0.1, 0.15) is 6.04 Å². The maximum atomic E-state index is 10.8. The van der Waals surface area contributed by atoms with Crippen molar-refractivity contribution in [3.63, 3.8) is 0 Å². The van der Waals surface area contributed by atoms with Crippen LogP contribution in [-0.4, -0.2) is 28.2 Å². The van der Waals surface area contributed by atoms with E-state index in [0.717, 1.165) is 0 Å². The summed E-state index contributed by atoms with van der Waals surface area (Å²) in [6.07, 6.45) is -0.294. The monoisotopic (exact) mass is 223 g/mol. The van der Waals surface area contributed by atoms with Crippen molar-refractivity contribution < 1.29 is 19.8 Å². The number of carboxylic acids is 2. The number of nitrogens with two attached hydrogens (primary N) is 1. The van der Waals surface area contributed by atoms with Crippen molar-refractivity contribution >= 4 is 11.9 Å². The van der Waals surface area contributed by atoms with E-state index in [1.807, 2.05) is 0 Å². The smallest absolute Gasteiger partial charge is 0.321 e. The van der Waals surface area contributed by atoms with Crippen molar-refractivity contribution in [2.24, 2.45) is 5.73 Å². The van der Waals surface area contributed by atoms with Crippen molar-refractivity contribution in [3.05, 3.63) is 35.9 Å². The Morgan fingerprint density at radius 3 is 2.19 bits per heavy atom. The fourth-order valence-corrected chi connectivity index (χ4v) is 1.51. The van der Waals surface area contributed by atoms with Crippen LogP contribution in [0.5, 0.6) is 0 Å². The Bertz CT molecular complexity index is 377. The van der Waals surface area contributed by atoms with Crippen molar-refractivity contribution in [1.29, 1.82) is 0 Å². The molecule has 0 aliphatic heterocycles. The van der Waals surface area contributed by atoms with Gasteiger partial charge in [0.25, 0.3) is 0 Å². The van der Waals surface area contributed by atoms with E-state index in [1.165, 1.54) is 0 Å². The molecule has 5 nitrogen and oxygen atoms in total. The predicted octanol–water partition coefficient (Wildman–Crippen LogP) is 0.657. The normalized spacial score (nSPS) is 14.1. The van der Waals surface area contributed by atoms with Crippen molar-refractivity contribution in [1.82, 2.24) is 0 Å². The molecule has 0 amide bonds. The Morgan fingerprint density at radius 1 is 1.19 bits per heavy atom. The minimum absolute atomic E-state index is 0.294. The topological polar surface area (TPSA) is 101 Å². The highest BCUT2D eigenvalue weighted by Crippen LogP contribution is 2.22. The molecule has 5 heteroatoms. The molecule has 1 aromatic rings. The molecule has 0 aromatic heterocycles. The third-order valence-corrected chi connectivity index (χ3v) is 2.34. The van der Waals surface area contributed by atoms with Crippen LogP contribution < -0.4 is 5.73 Å². The minimum Gasteiger partial charge on any atom is -0.481 e. The first-order chi connectivity index (χ1) is 7.52. The maximum absolute atomic E-state index is 10.8. The fourth-order valence-electron chi connectivity index (χ4n) is 1.51. The molecule has 2 atom stereocenters. The summed E-state index contributed by atoms with van der Waals surface area (Å²) in [5, 5.41) is 17.5. The molecular formula is C11H13NO4. The first-order valence-corrected chi connectivity index (χ1v) is 4.77. The summed E-state index contributed by atoms with van der Waals surface area (Å²) in [4.78, 5) is 21.4. The number of hydrogen-bond acceptors (Lipinski definition) is 3. The summed E-state index contributed by atoms with van der Waals surface area (Å²) in [7, 11) is 0. The van der Waals surface area contributed by atoms with Crippen LogP contribution in [0.1, 0.15) is 17.9 Å². The van der Waals surface area contributed by atoms with Gasteiger partial charge in [-0.15, -0.1) is 0 Å². The SMILES string of the molecule is N[C@@H](C(=O)O)[C@H](CC(=O)O)c1ccccc1. The zero-order valence-electron chi connectivity index (χ0n) is 8.54. The van der Waals surface area contributed by atoms with Crippen LogP contribution in [-0.2, 0) is 9.59 Å². The molecule has 1 rings (SSSR count). The van der Waals surface area contributed by atoms with Crippen LogP contribution in [0, 0.1) is 0 Å². The van der Waals surface area contributed by atoms with Gasteiger partial charge in [0.15, 0.2) is 0 Å². The van der Waals surface area contributed by atoms with E-state index < -0.39 is 23.9 Å². The van der Waals surface area contributed by atoms with E-state index in [9.17, 15) is 9.59 Å². The van der Waals surface area contributed by atoms with E-state index >= 15 is 0 Å². The Kier molecular flexibility index (Phi) is 4.02. The minimum atomic E-state index is -1.21. The number of carbonyl (C=O) groups is 2. The van der Waals surface area contributed by atoms with Gasteiger partial charge in [-0.2, -0.15) is 0 Å². The second-order valence-electron chi connectivity index (χ2n) is 3.48. The lowest BCUT2D eigenvalue weighted by atomic mass is 9.89. The molecule has 16 heavy (non-hydrogen) atoms. The van der Waals surface area contributed by atoms with E-state index in [-0.39, 0.29) is 6.42 Å². The third-order valence-electron chi connectivity index (χ3n) is 2.34. The quantitative estimate of drug-likeness (QED) is 0.680. The average Bonchev–Trinajstić information content (AvgIpc) is 2.26. The Balaban J connectivity index is 2.96. The van der Waals surface area contributed by atoms with E-state index in [1.54, 1.807) is 30.3 Å². The Labute approximate surface area is 92.5 Å². The number of aliphatic carboxylic acids is 2. The summed E-state index contributed by atoms with van der Waals surface area (Å²) < 4.78 is 0. The lowest BCUT2D eigenvalue weighted by Crippen LogP contribution is -2.37. The summed E-state index contributed by atoms with van der Waals surface area (Å²) in [5.41, 5.74) is 6.10. The number of carboxylic acid groups (broad SMARTS) is 2. The third kappa shape index (κ3) is 3.06. The van der Waals surface area contributed by atoms with Gasteiger partial charge in [-0.1, -0.05) is 30.3 Å². The second-order valence-corrected chi connectivity index (χ2v) is 3.48. The van der Waals surface area contributed by atoms with E-state index in [2.05, 4.69) is 0 Å².